The molecular formula is C16H25N3O4. The average Bonchev–Trinajstić information content (AvgIpc) is 3.03. The Bertz CT molecular complexity index is 508. The van der Waals surface area contributed by atoms with E-state index in [2.05, 4.69) is 15.6 Å². The van der Waals surface area contributed by atoms with Gasteiger partial charge < -0.3 is 29.6 Å². The number of nitrogens with one attached hydrogen (secondary N) is 2. The van der Waals surface area contributed by atoms with Gasteiger partial charge in [0.25, 0.3) is 0 Å². The van der Waals surface area contributed by atoms with Crippen LogP contribution >= 0.6 is 0 Å². The number of hydrogen-bond donors (Lipinski definition) is 2. The monoisotopic (exact) mass is 323 g/mol. The highest BCUT2D eigenvalue weighted by Crippen LogP contribution is 2.32. The van der Waals surface area contributed by atoms with E-state index in [1.807, 2.05) is 25.1 Å². The van der Waals surface area contributed by atoms with Crippen LogP contribution in [0.3, 0.4) is 0 Å². The highest BCUT2D eigenvalue weighted by molar-refractivity contribution is 5.79. The number of hydrogen-bond acceptors (Lipinski definition) is 5. The van der Waals surface area contributed by atoms with Gasteiger partial charge in [0, 0.05) is 20.2 Å². The summed E-state index contributed by atoms with van der Waals surface area (Å²) >= 11 is 0. The van der Waals surface area contributed by atoms with Crippen LogP contribution < -0.4 is 20.1 Å². The third kappa shape index (κ3) is 5.96. The van der Waals surface area contributed by atoms with Crippen molar-refractivity contribution >= 4 is 5.96 Å². The fourth-order valence-electron chi connectivity index (χ4n) is 2.04. The molecule has 0 amide bonds. The van der Waals surface area contributed by atoms with E-state index < -0.39 is 0 Å². The lowest BCUT2D eigenvalue weighted by atomic mass is 10.2. The summed E-state index contributed by atoms with van der Waals surface area (Å²) in [5, 5.41) is 6.45. The van der Waals surface area contributed by atoms with Gasteiger partial charge in [-0.05, 0) is 24.6 Å². The minimum Gasteiger partial charge on any atom is -0.454 e. The summed E-state index contributed by atoms with van der Waals surface area (Å²) in [4.78, 5) is 4.56. The highest BCUT2D eigenvalue weighted by atomic mass is 16.7. The molecule has 0 saturated carbocycles. The third-order valence-corrected chi connectivity index (χ3v) is 3.17. The molecule has 0 aromatic heterocycles. The first kappa shape index (κ1) is 17.4. The summed E-state index contributed by atoms with van der Waals surface area (Å²) in [6.45, 7) is 6.20. The summed E-state index contributed by atoms with van der Waals surface area (Å²) < 4.78 is 21.0. The largest absolute Gasteiger partial charge is 0.454 e. The molecule has 7 nitrogen and oxygen atoms in total. The Morgan fingerprint density at radius 2 is 2.04 bits per heavy atom. The average molecular weight is 323 g/mol. The predicted molar refractivity (Wildman–Crippen MR) is 88.1 cm³/mol. The number of guanidine groups is 1. The smallest absolute Gasteiger partial charge is 0.231 e. The van der Waals surface area contributed by atoms with Crippen LogP contribution in [0.1, 0.15) is 12.5 Å². The maximum Gasteiger partial charge on any atom is 0.231 e. The van der Waals surface area contributed by atoms with Crippen LogP contribution in [0.4, 0.5) is 0 Å². The second-order valence-corrected chi connectivity index (χ2v) is 4.91. The molecule has 0 fully saturated rings. The number of benzene rings is 1. The molecule has 0 saturated heterocycles. The second-order valence-electron chi connectivity index (χ2n) is 4.91. The van der Waals surface area contributed by atoms with E-state index >= 15 is 0 Å². The minimum absolute atomic E-state index is 0.287. The molecule has 1 aliphatic rings. The van der Waals surface area contributed by atoms with Crippen molar-refractivity contribution in [2.24, 2.45) is 4.99 Å². The Hall–Kier alpha value is -1.99. The summed E-state index contributed by atoms with van der Waals surface area (Å²) in [5.74, 6) is 2.33. The van der Waals surface area contributed by atoms with E-state index in [0.29, 0.717) is 32.9 Å². The van der Waals surface area contributed by atoms with Crippen molar-refractivity contribution in [3.8, 4) is 11.5 Å². The molecule has 128 valence electrons. The first-order valence-electron chi connectivity index (χ1n) is 7.81. The fourth-order valence-corrected chi connectivity index (χ4v) is 2.04. The van der Waals surface area contributed by atoms with E-state index in [4.69, 9.17) is 18.9 Å². The van der Waals surface area contributed by atoms with Crippen LogP contribution in [0.25, 0.3) is 0 Å². The Labute approximate surface area is 137 Å². The third-order valence-electron chi connectivity index (χ3n) is 3.17. The standard InChI is InChI=1S/C16H25N3O4/c1-3-17-16(18-6-7-21-9-8-20-2)19-11-13-4-5-14-15(10-13)23-12-22-14/h4-5,10H,3,6-9,11-12H2,1-2H3,(H2,17,18,19). The maximum absolute atomic E-state index is 5.42. The molecule has 1 aromatic carbocycles. The quantitative estimate of drug-likeness (QED) is 0.403. The lowest BCUT2D eigenvalue weighted by molar-refractivity contribution is 0.0733. The van der Waals surface area contributed by atoms with Crippen LogP contribution in [0, 0.1) is 0 Å². The molecule has 1 heterocycles. The van der Waals surface area contributed by atoms with Crippen molar-refractivity contribution in [1.29, 1.82) is 0 Å². The molecule has 0 aliphatic carbocycles. The molecule has 0 spiro atoms. The van der Waals surface area contributed by atoms with Gasteiger partial charge in [-0.3, -0.25) is 0 Å². The maximum atomic E-state index is 5.42. The van der Waals surface area contributed by atoms with Gasteiger partial charge >= 0.3 is 0 Å². The van der Waals surface area contributed by atoms with Gasteiger partial charge in [0.2, 0.25) is 6.79 Å². The van der Waals surface area contributed by atoms with Gasteiger partial charge in [-0.25, -0.2) is 4.99 Å². The summed E-state index contributed by atoms with van der Waals surface area (Å²) in [7, 11) is 1.66. The number of rotatable bonds is 9. The lowest BCUT2D eigenvalue weighted by Gasteiger charge is -2.11. The zero-order valence-corrected chi connectivity index (χ0v) is 13.8. The Balaban J connectivity index is 1.78. The van der Waals surface area contributed by atoms with Crippen molar-refractivity contribution in [3.05, 3.63) is 23.8 Å². The minimum atomic E-state index is 0.287. The van der Waals surface area contributed by atoms with Gasteiger partial charge in [0.05, 0.1) is 26.4 Å². The van der Waals surface area contributed by atoms with Gasteiger partial charge in [-0.15, -0.1) is 0 Å². The Kier molecular flexibility index (Phi) is 7.48. The van der Waals surface area contributed by atoms with Crippen molar-refractivity contribution in [2.45, 2.75) is 13.5 Å². The molecule has 1 aromatic rings. The zero-order chi connectivity index (χ0) is 16.3. The SMILES string of the molecule is CCNC(=NCc1ccc2c(c1)OCO2)NCCOCCOC. The van der Waals surface area contributed by atoms with Crippen molar-refractivity contribution < 1.29 is 18.9 Å². The highest BCUT2D eigenvalue weighted by Gasteiger charge is 2.12. The van der Waals surface area contributed by atoms with Crippen LogP contribution in [0.15, 0.2) is 23.2 Å². The van der Waals surface area contributed by atoms with Gasteiger partial charge in [-0.2, -0.15) is 0 Å². The topological polar surface area (TPSA) is 73.3 Å². The van der Waals surface area contributed by atoms with Crippen molar-refractivity contribution in [1.82, 2.24) is 10.6 Å². The Morgan fingerprint density at radius 3 is 2.87 bits per heavy atom. The number of ether oxygens (including phenoxy) is 4. The summed E-state index contributed by atoms with van der Waals surface area (Å²) in [6, 6.07) is 5.87. The van der Waals surface area contributed by atoms with E-state index in [-0.39, 0.29) is 6.79 Å². The van der Waals surface area contributed by atoms with Crippen LogP contribution in [0.2, 0.25) is 0 Å². The normalized spacial score (nSPS) is 13.2. The number of aliphatic imine (C=N–C) groups is 1. The second kappa shape index (κ2) is 9.91. The van der Waals surface area contributed by atoms with E-state index in [0.717, 1.165) is 29.6 Å². The van der Waals surface area contributed by atoms with Crippen LogP contribution in [-0.4, -0.2) is 52.8 Å². The number of fused-ring (bicyclic) bond motifs is 1. The van der Waals surface area contributed by atoms with E-state index in [1.54, 1.807) is 7.11 Å². The van der Waals surface area contributed by atoms with E-state index in [1.165, 1.54) is 0 Å². The van der Waals surface area contributed by atoms with Crippen molar-refractivity contribution in [3.63, 3.8) is 0 Å². The molecular weight excluding hydrogens is 298 g/mol. The lowest BCUT2D eigenvalue weighted by Crippen LogP contribution is -2.39. The Morgan fingerprint density at radius 1 is 1.17 bits per heavy atom. The molecule has 0 bridgehead atoms. The molecule has 7 heteroatoms. The predicted octanol–water partition coefficient (Wildman–Crippen LogP) is 1.13. The van der Waals surface area contributed by atoms with E-state index in [9.17, 15) is 0 Å². The molecule has 1 aliphatic heterocycles. The van der Waals surface area contributed by atoms with Crippen LogP contribution in [0.5, 0.6) is 11.5 Å². The molecule has 2 rings (SSSR count). The fraction of sp³-hybridized carbons (Fsp3) is 0.562. The molecule has 0 atom stereocenters. The van der Waals surface area contributed by atoms with Gasteiger partial charge in [0.1, 0.15) is 0 Å². The first-order valence-corrected chi connectivity index (χ1v) is 7.81. The van der Waals surface area contributed by atoms with Gasteiger partial charge in [0.15, 0.2) is 17.5 Å². The summed E-state index contributed by atoms with van der Waals surface area (Å²) in [5.41, 5.74) is 1.07. The molecule has 0 unspecified atom stereocenters. The molecule has 0 radical (unpaired) electrons. The molecule has 2 N–H and O–H groups in total. The number of methoxy groups -OCH3 is 1. The first-order chi connectivity index (χ1) is 11.3. The van der Waals surface area contributed by atoms with Gasteiger partial charge in [-0.1, -0.05) is 6.07 Å². The van der Waals surface area contributed by atoms with Crippen LogP contribution in [-0.2, 0) is 16.0 Å². The van der Waals surface area contributed by atoms with Crippen molar-refractivity contribution in [2.75, 3.05) is 46.8 Å². The summed E-state index contributed by atoms with van der Waals surface area (Å²) in [6.07, 6.45) is 0. The zero-order valence-electron chi connectivity index (χ0n) is 13.8. The molecule has 23 heavy (non-hydrogen) atoms. The number of nitrogens with zero attached hydrogens (tertiary/aromatic N) is 1.